The molecule has 1 aliphatic heterocycles. The molecule has 0 saturated heterocycles. The van der Waals surface area contributed by atoms with E-state index in [1.54, 1.807) is 0 Å². The lowest BCUT2D eigenvalue weighted by Crippen LogP contribution is -2.39. The predicted octanol–water partition coefficient (Wildman–Crippen LogP) is 2.00. The van der Waals surface area contributed by atoms with Crippen LogP contribution in [0.5, 0.6) is 0 Å². The fraction of sp³-hybridized carbons (Fsp3) is 0.364. The van der Waals surface area contributed by atoms with Crippen LogP contribution in [-0.2, 0) is 0 Å². The Morgan fingerprint density at radius 2 is 1.75 bits per heavy atom. The van der Waals surface area contributed by atoms with Gasteiger partial charge in [-0.1, -0.05) is 12.1 Å². The molecule has 2 rings (SSSR count). The molecule has 0 radical (unpaired) electrons. The van der Waals surface area contributed by atoms with E-state index in [2.05, 4.69) is 9.34 Å². The van der Waals surface area contributed by atoms with E-state index in [9.17, 15) is 4.79 Å². The number of rotatable bonds is 1. The molecule has 86 valence electrons. The highest BCUT2D eigenvalue weighted by molar-refractivity contribution is 7.55. The lowest BCUT2D eigenvalue weighted by atomic mass is 10.1. The number of benzene rings is 1. The van der Waals surface area contributed by atoms with E-state index in [4.69, 9.17) is 0 Å². The van der Waals surface area contributed by atoms with Crippen LogP contribution in [0.4, 0.5) is 5.69 Å². The smallest absolute Gasteiger partial charge is 0.261 e. The number of fused-ring (bicyclic) bond motifs is 1. The van der Waals surface area contributed by atoms with Crippen molar-refractivity contribution in [3.8, 4) is 0 Å². The van der Waals surface area contributed by atoms with Gasteiger partial charge < -0.3 is 4.67 Å². The molecule has 1 aromatic carbocycles. The number of hydrogen-bond donors (Lipinski definition) is 0. The van der Waals surface area contributed by atoms with Crippen molar-refractivity contribution >= 4 is 20.0 Å². The minimum absolute atomic E-state index is 0.105. The van der Waals surface area contributed by atoms with E-state index in [0.29, 0.717) is 0 Å². The van der Waals surface area contributed by atoms with E-state index < -0.39 is 8.37 Å². The molecule has 4 nitrogen and oxygen atoms in total. The monoisotopic (exact) mass is 237 g/mol. The lowest BCUT2D eigenvalue weighted by molar-refractivity contribution is 0.0879. The van der Waals surface area contributed by atoms with Gasteiger partial charge in [0, 0.05) is 14.1 Å². The maximum Gasteiger partial charge on any atom is 0.261 e. The van der Waals surface area contributed by atoms with E-state index in [0.717, 1.165) is 11.3 Å². The Morgan fingerprint density at radius 3 is 2.38 bits per heavy atom. The summed E-state index contributed by atoms with van der Waals surface area (Å²) in [7, 11) is 7.17. The molecule has 1 atom stereocenters. The van der Waals surface area contributed by atoms with Crippen LogP contribution in [0.25, 0.3) is 0 Å². The van der Waals surface area contributed by atoms with Crippen LogP contribution in [0.2, 0.25) is 0 Å². The summed E-state index contributed by atoms with van der Waals surface area (Å²) in [6, 6.07) is 7.75. The van der Waals surface area contributed by atoms with Gasteiger partial charge in [-0.05, 0) is 26.2 Å². The first-order chi connectivity index (χ1) is 7.54. The van der Waals surface area contributed by atoms with Gasteiger partial charge in [-0.3, -0.25) is 14.1 Å². The molecule has 1 aliphatic rings. The van der Waals surface area contributed by atoms with E-state index in [1.807, 2.05) is 57.1 Å². The maximum absolute atomic E-state index is 12.2. The van der Waals surface area contributed by atoms with Gasteiger partial charge in [0.15, 0.2) is 8.37 Å². The van der Waals surface area contributed by atoms with Crippen LogP contribution >= 0.6 is 8.37 Å². The summed E-state index contributed by atoms with van der Waals surface area (Å²) in [6.07, 6.45) is 0. The molecule has 0 bridgehead atoms. The third-order valence-electron chi connectivity index (χ3n) is 2.67. The molecule has 0 aliphatic carbocycles. The normalized spacial score (nSPS) is 20.3. The highest BCUT2D eigenvalue weighted by Crippen LogP contribution is 2.51. The summed E-state index contributed by atoms with van der Waals surface area (Å²) in [5.74, 6) is 0.105. The number of carbonyl (C=O) groups excluding carboxylic acids is 1. The van der Waals surface area contributed by atoms with Crippen molar-refractivity contribution in [3.05, 3.63) is 29.8 Å². The third-order valence-corrected chi connectivity index (χ3v) is 4.86. The van der Waals surface area contributed by atoms with E-state index in [-0.39, 0.29) is 5.91 Å². The van der Waals surface area contributed by atoms with Gasteiger partial charge in [-0.15, -0.1) is 0 Å². The molecule has 1 heterocycles. The van der Waals surface area contributed by atoms with Crippen molar-refractivity contribution in [2.45, 2.75) is 0 Å². The van der Waals surface area contributed by atoms with Crippen LogP contribution in [0.1, 0.15) is 10.4 Å². The summed E-state index contributed by atoms with van der Waals surface area (Å²) >= 11 is 0. The minimum atomic E-state index is -0.729. The molecular weight excluding hydrogens is 221 g/mol. The molecular formula is C11H16N3OP. The van der Waals surface area contributed by atoms with Gasteiger partial charge in [0.25, 0.3) is 5.91 Å². The first-order valence-electron chi connectivity index (χ1n) is 5.12. The van der Waals surface area contributed by atoms with Crippen molar-refractivity contribution < 1.29 is 4.79 Å². The largest absolute Gasteiger partial charge is 0.324 e. The fourth-order valence-electron chi connectivity index (χ4n) is 2.03. The summed E-state index contributed by atoms with van der Waals surface area (Å²) in [4.78, 5) is 12.2. The van der Waals surface area contributed by atoms with Crippen LogP contribution in [0, 0.1) is 0 Å². The Morgan fingerprint density at radius 1 is 1.12 bits per heavy atom. The van der Waals surface area contributed by atoms with Crippen molar-refractivity contribution in [2.24, 2.45) is 0 Å². The first-order valence-corrected chi connectivity index (χ1v) is 6.32. The summed E-state index contributed by atoms with van der Waals surface area (Å²) in [5, 5.41) is 0. The van der Waals surface area contributed by atoms with Crippen LogP contribution in [0.15, 0.2) is 24.3 Å². The molecule has 1 amide bonds. The molecule has 5 heteroatoms. The van der Waals surface area contributed by atoms with Crippen molar-refractivity contribution in [1.29, 1.82) is 0 Å². The van der Waals surface area contributed by atoms with Crippen molar-refractivity contribution in [1.82, 2.24) is 9.34 Å². The van der Waals surface area contributed by atoms with Crippen LogP contribution in [0.3, 0.4) is 0 Å². The van der Waals surface area contributed by atoms with Crippen molar-refractivity contribution in [2.75, 3.05) is 32.9 Å². The summed E-state index contributed by atoms with van der Waals surface area (Å²) in [6.45, 7) is 0. The van der Waals surface area contributed by atoms with Crippen molar-refractivity contribution in [3.63, 3.8) is 0 Å². The van der Waals surface area contributed by atoms with Gasteiger partial charge in [0.2, 0.25) is 0 Å². The molecule has 0 aromatic heterocycles. The Kier molecular flexibility index (Phi) is 2.87. The zero-order chi connectivity index (χ0) is 11.9. The van der Waals surface area contributed by atoms with Gasteiger partial charge in [-0.2, -0.15) is 0 Å². The summed E-state index contributed by atoms with van der Waals surface area (Å²) in [5.41, 5.74) is 1.80. The molecule has 1 unspecified atom stereocenters. The molecule has 1 aromatic rings. The number of nitrogens with zero attached hydrogens (tertiary/aromatic N) is 3. The van der Waals surface area contributed by atoms with Gasteiger partial charge in [0.1, 0.15) is 0 Å². The summed E-state index contributed by atoms with van der Waals surface area (Å²) < 4.78 is 6.08. The second-order valence-electron chi connectivity index (χ2n) is 3.99. The zero-order valence-corrected chi connectivity index (χ0v) is 10.9. The number of carbonyl (C=O) groups is 1. The molecule has 0 fully saturated rings. The molecule has 16 heavy (non-hydrogen) atoms. The number of amides is 1. The first kappa shape index (κ1) is 11.4. The third kappa shape index (κ3) is 1.58. The number of para-hydroxylation sites is 1. The Labute approximate surface area is 97.4 Å². The number of anilines is 1. The average Bonchev–Trinajstić information content (AvgIpc) is 2.26. The standard InChI is InChI=1S/C11H16N3OP/c1-12(2)16-13(3)10-8-6-5-7-9(10)11(15)14(16)4/h5-8H,1-4H3. The highest BCUT2D eigenvalue weighted by Gasteiger charge is 2.35. The van der Waals surface area contributed by atoms with Gasteiger partial charge in [-0.25, -0.2) is 0 Å². The fourth-order valence-corrected chi connectivity index (χ4v) is 4.14. The topological polar surface area (TPSA) is 26.8 Å². The Bertz CT molecular complexity index is 421. The SMILES string of the molecule is CN(C)P1N(C)C(=O)c2ccccc2N1C. The maximum atomic E-state index is 12.2. The number of hydrogen-bond acceptors (Lipinski definition) is 3. The second kappa shape index (κ2) is 4.04. The van der Waals surface area contributed by atoms with E-state index in [1.165, 1.54) is 0 Å². The Hall–Kier alpha value is -1.12. The average molecular weight is 237 g/mol. The second-order valence-corrected chi connectivity index (χ2v) is 6.52. The molecule has 0 saturated carbocycles. The molecule has 0 N–H and O–H groups in total. The lowest BCUT2D eigenvalue weighted by Gasteiger charge is -2.43. The van der Waals surface area contributed by atoms with Gasteiger partial charge in [0.05, 0.1) is 11.3 Å². The zero-order valence-electron chi connectivity index (χ0n) is 10.0. The predicted molar refractivity (Wildman–Crippen MR) is 67.5 cm³/mol. The van der Waals surface area contributed by atoms with E-state index >= 15 is 0 Å². The molecule has 0 spiro atoms. The minimum Gasteiger partial charge on any atom is -0.324 e. The van der Waals surface area contributed by atoms with Crippen LogP contribution in [-0.4, -0.2) is 43.4 Å². The highest BCUT2D eigenvalue weighted by atomic mass is 31.2. The quantitative estimate of drug-likeness (QED) is 0.699. The van der Waals surface area contributed by atoms with Crippen LogP contribution < -0.4 is 4.67 Å². The Balaban J connectivity index is 2.52. The van der Waals surface area contributed by atoms with Gasteiger partial charge >= 0.3 is 0 Å².